The number of benzene rings is 2. The molecule has 0 spiro atoms. The summed E-state index contributed by atoms with van der Waals surface area (Å²) in [6.45, 7) is 4.51. The number of fused-ring (bicyclic) bond motifs is 1. The molecule has 0 bridgehead atoms. The lowest BCUT2D eigenvalue weighted by Gasteiger charge is -2.31. The number of rotatable bonds is 3. The van der Waals surface area contributed by atoms with Crippen LogP contribution < -0.4 is 4.90 Å². The van der Waals surface area contributed by atoms with E-state index in [9.17, 15) is 4.79 Å². The number of quaternary nitrogens is 1. The fourth-order valence-electron chi connectivity index (χ4n) is 3.40. The second-order valence-electron chi connectivity index (χ2n) is 6.38. The summed E-state index contributed by atoms with van der Waals surface area (Å²) in [5.41, 5.74) is 1.36. The lowest BCUT2D eigenvalue weighted by atomic mass is 10.1. The van der Waals surface area contributed by atoms with E-state index < -0.39 is 0 Å². The Balaban J connectivity index is 1.38. The van der Waals surface area contributed by atoms with E-state index in [2.05, 4.69) is 42.5 Å². The molecule has 1 N–H and O–H groups in total. The predicted octanol–water partition coefficient (Wildman–Crippen LogP) is 1.97. The molecule has 122 valence electrons. The fraction of sp³-hybridized carbons (Fsp3) is 0.250. The van der Waals surface area contributed by atoms with Gasteiger partial charge in [-0.1, -0.05) is 36.4 Å². The molecule has 1 aliphatic heterocycles. The van der Waals surface area contributed by atoms with Crippen molar-refractivity contribution < 1.29 is 14.1 Å². The lowest BCUT2D eigenvalue weighted by molar-refractivity contribution is -0.917. The average Bonchev–Trinajstić information content (AvgIpc) is 3.16. The standard InChI is InChI=1S/C20H20N2O2/c23-20(19-6-3-13-24-19)22-11-9-21(10-12-22)15-16-7-8-17-4-1-2-5-18(17)14-16/h1-8,13-14H,9-12,15H2/p+1. The third-order valence-corrected chi connectivity index (χ3v) is 4.76. The first-order valence-electron chi connectivity index (χ1n) is 8.43. The summed E-state index contributed by atoms with van der Waals surface area (Å²) >= 11 is 0. The maximum atomic E-state index is 12.3. The van der Waals surface area contributed by atoms with Gasteiger partial charge in [-0.2, -0.15) is 0 Å². The SMILES string of the molecule is O=C(c1ccco1)N1CC[NH+](Cc2ccc3ccccc3c2)CC1. The van der Waals surface area contributed by atoms with E-state index >= 15 is 0 Å². The number of hydrogen-bond donors (Lipinski definition) is 1. The predicted molar refractivity (Wildman–Crippen MR) is 93.0 cm³/mol. The van der Waals surface area contributed by atoms with Crippen LogP contribution in [0.5, 0.6) is 0 Å². The van der Waals surface area contributed by atoms with Crippen molar-refractivity contribution in [3.05, 3.63) is 72.2 Å². The Morgan fingerprint density at radius 3 is 2.54 bits per heavy atom. The van der Waals surface area contributed by atoms with Gasteiger partial charge in [0.2, 0.25) is 0 Å². The van der Waals surface area contributed by atoms with Gasteiger partial charge in [0.15, 0.2) is 5.76 Å². The normalized spacial score (nSPS) is 15.8. The summed E-state index contributed by atoms with van der Waals surface area (Å²) in [6, 6.07) is 18.6. The van der Waals surface area contributed by atoms with Gasteiger partial charge in [0.1, 0.15) is 6.54 Å². The Kier molecular flexibility index (Phi) is 4.05. The van der Waals surface area contributed by atoms with E-state index in [0.29, 0.717) is 5.76 Å². The van der Waals surface area contributed by atoms with Crippen LogP contribution >= 0.6 is 0 Å². The van der Waals surface area contributed by atoms with Crippen LogP contribution in [0.1, 0.15) is 16.1 Å². The van der Waals surface area contributed by atoms with Crippen molar-refractivity contribution >= 4 is 16.7 Å². The molecule has 4 rings (SSSR count). The minimum absolute atomic E-state index is 0.00440. The molecule has 1 aliphatic rings. The molecule has 4 heteroatoms. The highest BCUT2D eigenvalue weighted by Crippen LogP contribution is 2.15. The average molecular weight is 321 g/mol. The van der Waals surface area contributed by atoms with E-state index in [1.165, 1.54) is 21.2 Å². The largest absolute Gasteiger partial charge is 0.459 e. The van der Waals surface area contributed by atoms with Crippen molar-refractivity contribution in [3.8, 4) is 0 Å². The van der Waals surface area contributed by atoms with Crippen molar-refractivity contribution in [2.75, 3.05) is 26.2 Å². The maximum Gasteiger partial charge on any atom is 0.289 e. The highest BCUT2D eigenvalue weighted by Gasteiger charge is 2.25. The summed E-state index contributed by atoms with van der Waals surface area (Å²) in [5.74, 6) is 0.442. The van der Waals surface area contributed by atoms with Gasteiger partial charge >= 0.3 is 0 Å². The fourth-order valence-corrected chi connectivity index (χ4v) is 3.40. The van der Waals surface area contributed by atoms with Crippen molar-refractivity contribution in [1.29, 1.82) is 0 Å². The van der Waals surface area contributed by atoms with E-state index in [0.717, 1.165) is 32.7 Å². The van der Waals surface area contributed by atoms with Crippen LogP contribution in [0.4, 0.5) is 0 Å². The quantitative estimate of drug-likeness (QED) is 0.801. The topological polar surface area (TPSA) is 37.9 Å². The molecule has 0 aliphatic carbocycles. The molecule has 1 fully saturated rings. The highest BCUT2D eigenvalue weighted by molar-refractivity contribution is 5.91. The van der Waals surface area contributed by atoms with Gasteiger partial charge in [0.25, 0.3) is 5.91 Å². The van der Waals surface area contributed by atoms with Gasteiger partial charge in [-0.05, 0) is 29.0 Å². The number of nitrogens with zero attached hydrogens (tertiary/aromatic N) is 1. The molecular formula is C20H21N2O2+. The highest BCUT2D eigenvalue weighted by atomic mass is 16.3. The Hall–Kier alpha value is -2.59. The molecule has 0 radical (unpaired) electrons. The third kappa shape index (κ3) is 3.05. The van der Waals surface area contributed by atoms with Gasteiger partial charge in [-0.25, -0.2) is 0 Å². The summed E-state index contributed by atoms with van der Waals surface area (Å²) in [5, 5.41) is 2.58. The molecule has 1 amide bonds. The molecular weight excluding hydrogens is 300 g/mol. The summed E-state index contributed by atoms with van der Waals surface area (Å²) in [4.78, 5) is 15.7. The van der Waals surface area contributed by atoms with E-state index in [1.807, 2.05) is 4.90 Å². The van der Waals surface area contributed by atoms with Crippen LogP contribution in [0.15, 0.2) is 65.3 Å². The van der Waals surface area contributed by atoms with Crippen molar-refractivity contribution in [2.45, 2.75) is 6.54 Å². The van der Waals surface area contributed by atoms with Crippen LogP contribution in [-0.2, 0) is 6.54 Å². The number of amides is 1. The molecule has 0 saturated carbocycles. The first kappa shape index (κ1) is 15.0. The number of piperazine rings is 1. The van der Waals surface area contributed by atoms with Crippen LogP contribution in [0, 0.1) is 0 Å². The van der Waals surface area contributed by atoms with Crippen molar-refractivity contribution in [1.82, 2.24) is 4.90 Å². The first-order valence-corrected chi connectivity index (χ1v) is 8.43. The molecule has 24 heavy (non-hydrogen) atoms. The molecule has 4 nitrogen and oxygen atoms in total. The summed E-state index contributed by atoms with van der Waals surface area (Å²) in [7, 11) is 0. The second kappa shape index (κ2) is 6.49. The first-order chi connectivity index (χ1) is 11.8. The minimum Gasteiger partial charge on any atom is -0.459 e. The van der Waals surface area contributed by atoms with Gasteiger partial charge in [-0.15, -0.1) is 0 Å². The lowest BCUT2D eigenvalue weighted by Crippen LogP contribution is -3.13. The number of hydrogen-bond acceptors (Lipinski definition) is 2. The van der Waals surface area contributed by atoms with Crippen LogP contribution in [0.25, 0.3) is 10.8 Å². The Labute approximate surface area is 141 Å². The summed E-state index contributed by atoms with van der Waals surface area (Å²) in [6.07, 6.45) is 1.55. The number of nitrogens with one attached hydrogen (secondary N) is 1. The van der Waals surface area contributed by atoms with Gasteiger partial charge in [0, 0.05) is 5.56 Å². The molecule has 3 aromatic rings. The van der Waals surface area contributed by atoms with Gasteiger partial charge < -0.3 is 14.2 Å². The zero-order chi connectivity index (χ0) is 16.4. The molecule has 1 saturated heterocycles. The Morgan fingerprint density at radius 2 is 1.79 bits per heavy atom. The molecule has 2 aromatic carbocycles. The smallest absolute Gasteiger partial charge is 0.289 e. The van der Waals surface area contributed by atoms with E-state index in [1.54, 1.807) is 18.4 Å². The minimum atomic E-state index is 0.00440. The Bertz CT molecular complexity index is 834. The monoisotopic (exact) mass is 321 g/mol. The van der Waals surface area contributed by atoms with Crippen LogP contribution in [0.2, 0.25) is 0 Å². The molecule has 1 aromatic heterocycles. The van der Waals surface area contributed by atoms with E-state index in [-0.39, 0.29) is 5.91 Å². The maximum absolute atomic E-state index is 12.3. The molecule has 0 atom stereocenters. The summed E-state index contributed by atoms with van der Waals surface area (Å²) < 4.78 is 5.21. The van der Waals surface area contributed by atoms with Crippen molar-refractivity contribution in [2.24, 2.45) is 0 Å². The van der Waals surface area contributed by atoms with Gasteiger partial charge in [0.05, 0.1) is 32.4 Å². The zero-order valence-corrected chi connectivity index (χ0v) is 13.6. The third-order valence-electron chi connectivity index (χ3n) is 4.76. The second-order valence-corrected chi connectivity index (χ2v) is 6.38. The van der Waals surface area contributed by atoms with E-state index in [4.69, 9.17) is 4.42 Å². The molecule has 2 heterocycles. The Morgan fingerprint density at radius 1 is 1.00 bits per heavy atom. The zero-order valence-electron chi connectivity index (χ0n) is 13.6. The number of carbonyl (C=O) groups is 1. The van der Waals surface area contributed by atoms with Gasteiger partial charge in [-0.3, -0.25) is 4.79 Å². The van der Waals surface area contributed by atoms with Crippen molar-refractivity contribution in [3.63, 3.8) is 0 Å². The van der Waals surface area contributed by atoms with Crippen LogP contribution in [0.3, 0.4) is 0 Å². The number of carbonyl (C=O) groups excluding carboxylic acids is 1. The molecule has 0 unspecified atom stereocenters. The number of furan rings is 1. The van der Waals surface area contributed by atoms with Crippen LogP contribution in [-0.4, -0.2) is 37.0 Å².